The number of esters is 1. The summed E-state index contributed by atoms with van der Waals surface area (Å²) < 4.78 is 4.87. The monoisotopic (exact) mass is 339 g/mol. The van der Waals surface area contributed by atoms with Gasteiger partial charge in [-0.25, -0.2) is 4.79 Å². The van der Waals surface area contributed by atoms with Crippen molar-refractivity contribution in [3.8, 4) is 0 Å². The number of methoxy groups -OCH3 is 1. The van der Waals surface area contributed by atoms with E-state index in [9.17, 15) is 9.59 Å². The fourth-order valence-corrected chi connectivity index (χ4v) is 2.82. The van der Waals surface area contributed by atoms with Gasteiger partial charge in [0.2, 0.25) is 5.91 Å². The van der Waals surface area contributed by atoms with Crippen molar-refractivity contribution in [3.63, 3.8) is 0 Å². The van der Waals surface area contributed by atoms with Gasteiger partial charge in [0, 0.05) is 0 Å². The Labute approximate surface area is 149 Å². The lowest BCUT2D eigenvalue weighted by Crippen LogP contribution is -2.47. The third kappa shape index (κ3) is 4.69. The molecule has 2 unspecified atom stereocenters. The van der Waals surface area contributed by atoms with Crippen molar-refractivity contribution < 1.29 is 14.3 Å². The summed E-state index contributed by atoms with van der Waals surface area (Å²) in [5.41, 5.74) is 1.78. The molecule has 0 radical (unpaired) electrons. The van der Waals surface area contributed by atoms with Crippen LogP contribution in [0.1, 0.15) is 37.3 Å². The molecule has 0 saturated heterocycles. The molecule has 132 valence electrons. The summed E-state index contributed by atoms with van der Waals surface area (Å²) in [5, 5.41) is 2.90. The molecule has 0 saturated carbocycles. The highest BCUT2D eigenvalue weighted by Crippen LogP contribution is 2.25. The van der Waals surface area contributed by atoms with Gasteiger partial charge in [-0.05, 0) is 17.0 Å². The normalized spacial score (nSPS) is 13.1. The maximum Gasteiger partial charge on any atom is 0.328 e. The Kier molecular flexibility index (Phi) is 6.75. The number of ether oxygens (including phenoxy) is 1. The highest BCUT2D eigenvalue weighted by Gasteiger charge is 2.31. The number of rotatable bonds is 7. The number of amides is 1. The van der Waals surface area contributed by atoms with E-state index in [-0.39, 0.29) is 11.8 Å². The van der Waals surface area contributed by atoms with Crippen molar-refractivity contribution in [3.05, 3.63) is 71.8 Å². The maximum atomic E-state index is 13.1. The summed E-state index contributed by atoms with van der Waals surface area (Å²) in [4.78, 5) is 25.2. The summed E-state index contributed by atoms with van der Waals surface area (Å²) in [5.74, 6) is -1.10. The van der Waals surface area contributed by atoms with Gasteiger partial charge in [-0.3, -0.25) is 4.79 Å². The van der Waals surface area contributed by atoms with Crippen LogP contribution in [0, 0.1) is 5.92 Å². The lowest BCUT2D eigenvalue weighted by molar-refractivity contribution is -0.146. The van der Waals surface area contributed by atoms with Crippen molar-refractivity contribution in [2.45, 2.75) is 32.2 Å². The predicted molar refractivity (Wildman–Crippen MR) is 98.1 cm³/mol. The van der Waals surface area contributed by atoms with Crippen molar-refractivity contribution in [1.82, 2.24) is 5.32 Å². The van der Waals surface area contributed by atoms with Gasteiger partial charge in [0.15, 0.2) is 0 Å². The summed E-state index contributed by atoms with van der Waals surface area (Å²) in [7, 11) is 1.34. The van der Waals surface area contributed by atoms with Crippen LogP contribution in [-0.4, -0.2) is 25.0 Å². The molecule has 0 aliphatic rings. The SMILES string of the molecule is CCC(C)C(NC(=O)C(c1ccccc1)c1ccccc1)C(=O)OC. The van der Waals surface area contributed by atoms with Crippen molar-refractivity contribution in [2.75, 3.05) is 7.11 Å². The molecule has 4 heteroatoms. The number of nitrogens with one attached hydrogen (secondary N) is 1. The third-order valence-electron chi connectivity index (χ3n) is 4.49. The van der Waals surface area contributed by atoms with Gasteiger partial charge in [-0.15, -0.1) is 0 Å². The molecule has 0 aliphatic carbocycles. The average molecular weight is 339 g/mol. The molecule has 1 N–H and O–H groups in total. The van der Waals surface area contributed by atoms with Crippen molar-refractivity contribution in [2.24, 2.45) is 5.92 Å². The summed E-state index contributed by atoms with van der Waals surface area (Å²) in [6, 6.07) is 18.5. The Bertz CT molecular complexity index is 645. The highest BCUT2D eigenvalue weighted by molar-refractivity contribution is 5.91. The Morgan fingerprint density at radius 2 is 1.44 bits per heavy atom. The first-order valence-electron chi connectivity index (χ1n) is 8.56. The zero-order valence-corrected chi connectivity index (χ0v) is 14.9. The quantitative estimate of drug-likeness (QED) is 0.785. The first kappa shape index (κ1) is 18.7. The molecule has 0 aliphatic heterocycles. The zero-order valence-electron chi connectivity index (χ0n) is 14.9. The molecule has 0 bridgehead atoms. The number of carbonyl (C=O) groups excluding carboxylic acids is 2. The summed E-state index contributed by atoms with van der Waals surface area (Å²) in [6.45, 7) is 3.92. The maximum absolute atomic E-state index is 13.1. The molecule has 0 heterocycles. The van der Waals surface area contributed by atoms with Crippen LogP contribution in [0.5, 0.6) is 0 Å². The van der Waals surface area contributed by atoms with Crippen LogP contribution in [-0.2, 0) is 14.3 Å². The first-order chi connectivity index (χ1) is 12.1. The molecule has 2 rings (SSSR count). The van der Waals surface area contributed by atoms with E-state index < -0.39 is 17.9 Å². The van der Waals surface area contributed by atoms with E-state index in [1.165, 1.54) is 7.11 Å². The molecular formula is C21H25NO3. The lowest BCUT2D eigenvalue weighted by atomic mass is 9.89. The van der Waals surface area contributed by atoms with Gasteiger partial charge < -0.3 is 10.1 Å². The number of benzene rings is 2. The van der Waals surface area contributed by atoms with Gasteiger partial charge in [0.1, 0.15) is 6.04 Å². The minimum Gasteiger partial charge on any atom is -0.467 e. The second-order valence-corrected chi connectivity index (χ2v) is 6.15. The van der Waals surface area contributed by atoms with Crippen LogP contribution < -0.4 is 5.32 Å². The predicted octanol–water partition coefficient (Wildman–Crippen LogP) is 3.52. The fourth-order valence-electron chi connectivity index (χ4n) is 2.82. The first-order valence-corrected chi connectivity index (χ1v) is 8.56. The Morgan fingerprint density at radius 3 is 1.84 bits per heavy atom. The Balaban J connectivity index is 2.34. The lowest BCUT2D eigenvalue weighted by Gasteiger charge is -2.25. The summed E-state index contributed by atoms with van der Waals surface area (Å²) >= 11 is 0. The topological polar surface area (TPSA) is 55.4 Å². The minimum absolute atomic E-state index is 0.0106. The van der Waals surface area contributed by atoms with Gasteiger partial charge in [-0.1, -0.05) is 80.9 Å². The fraction of sp³-hybridized carbons (Fsp3) is 0.333. The van der Waals surface area contributed by atoms with E-state index in [1.54, 1.807) is 0 Å². The van der Waals surface area contributed by atoms with E-state index in [2.05, 4.69) is 5.32 Å². The third-order valence-corrected chi connectivity index (χ3v) is 4.49. The molecule has 2 atom stereocenters. The van der Waals surface area contributed by atoms with Crippen LogP contribution in [0.3, 0.4) is 0 Å². The van der Waals surface area contributed by atoms with Crippen molar-refractivity contribution >= 4 is 11.9 Å². The summed E-state index contributed by atoms with van der Waals surface area (Å²) in [6.07, 6.45) is 0.765. The second kappa shape index (κ2) is 9.02. The number of hydrogen-bond donors (Lipinski definition) is 1. The largest absolute Gasteiger partial charge is 0.467 e. The highest BCUT2D eigenvalue weighted by atomic mass is 16.5. The van der Waals surface area contributed by atoms with E-state index in [0.717, 1.165) is 17.5 Å². The Hall–Kier alpha value is -2.62. The van der Waals surface area contributed by atoms with Crippen LogP contribution in [0.2, 0.25) is 0 Å². The zero-order chi connectivity index (χ0) is 18.2. The molecule has 4 nitrogen and oxygen atoms in total. The van der Waals surface area contributed by atoms with E-state index >= 15 is 0 Å². The van der Waals surface area contributed by atoms with Gasteiger partial charge in [0.25, 0.3) is 0 Å². The Morgan fingerprint density at radius 1 is 0.960 bits per heavy atom. The van der Waals surface area contributed by atoms with E-state index in [1.807, 2.05) is 74.5 Å². The standard InChI is InChI=1S/C21H25NO3/c1-4-15(2)19(21(24)25-3)22-20(23)18(16-11-7-5-8-12-16)17-13-9-6-10-14-17/h5-15,18-19H,4H2,1-3H3,(H,22,23). The van der Waals surface area contributed by atoms with Crippen LogP contribution in [0.15, 0.2) is 60.7 Å². The van der Waals surface area contributed by atoms with Gasteiger partial charge in [-0.2, -0.15) is 0 Å². The average Bonchev–Trinajstić information content (AvgIpc) is 2.66. The molecule has 0 aromatic heterocycles. The number of hydrogen-bond acceptors (Lipinski definition) is 3. The van der Waals surface area contributed by atoms with E-state index in [4.69, 9.17) is 4.74 Å². The molecule has 0 spiro atoms. The molecule has 0 fully saturated rings. The van der Waals surface area contributed by atoms with Gasteiger partial charge in [0.05, 0.1) is 13.0 Å². The smallest absolute Gasteiger partial charge is 0.328 e. The van der Waals surface area contributed by atoms with Crippen LogP contribution >= 0.6 is 0 Å². The second-order valence-electron chi connectivity index (χ2n) is 6.15. The van der Waals surface area contributed by atoms with Crippen LogP contribution in [0.4, 0.5) is 0 Å². The van der Waals surface area contributed by atoms with Crippen molar-refractivity contribution in [1.29, 1.82) is 0 Å². The minimum atomic E-state index is -0.655. The molecule has 1 amide bonds. The van der Waals surface area contributed by atoms with Gasteiger partial charge >= 0.3 is 5.97 Å². The molecular weight excluding hydrogens is 314 g/mol. The van der Waals surface area contributed by atoms with E-state index in [0.29, 0.717) is 0 Å². The number of carbonyl (C=O) groups is 2. The molecule has 2 aromatic rings. The molecule has 25 heavy (non-hydrogen) atoms. The van der Waals surface area contributed by atoms with Crippen LogP contribution in [0.25, 0.3) is 0 Å². The molecule has 2 aromatic carbocycles.